The summed E-state index contributed by atoms with van der Waals surface area (Å²) in [6.45, 7) is 7.14. The molecule has 0 amide bonds. The van der Waals surface area contributed by atoms with Gasteiger partial charge in [0.2, 0.25) is 0 Å². The highest BCUT2D eigenvalue weighted by molar-refractivity contribution is 5.27. The van der Waals surface area contributed by atoms with Crippen molar-refractivity contribution in [3.05, 3.63) is 29.8 Å². The highest BCUT2D eigenvalue weighted by atomic mass is 16.5. The van der Waals surface area contributed by atoms with Gasteiger partial charge in [0.05, 0.1) is 26.2 Å². The minimum Gasteiger partial charge on any atom is -0.494 e. The Hall–Kier alpha value is -1.02. The van der Waals surface area contributed by atoms with Crippen molar-refractivity contribution in [3.63, 3.8) is 0 Å². The third kappa shape index (κ3) is 5.65. The number of hydrogen-bond acceptors (Lipinski definition) is 1. The van der Waals surface area contributed by atoms with E-state index in [9.17, 15) is 0 Å². The SMILES string of the molecule is Cc1cccc(OCCCCC[NH+]2CCCCC2)c1. The summed E-state index contributed by atoms with van der Waals surface area (Å²) < 4.78 is 5.77. The molecular formula is C17H28NO+. The van der Waals surface area contributed by atoms with E-state index in [0.29, 0.717) is 0 Å². The van der Waals surface area contributed by atoms with Crippen molar-refractivity contribution < 1.29 is 9.64 Å². The summed E-state index contributed by atoms with van der Waals surface area (Å²) >= 11 is 0. The Labute approximate surface area is 117 Å². The third-order valence-corrected chi connectivity index (χ3v) is 3.99. The fraction of sp³-hybridized carbons (Fsp3) is 0.647. The molecule has 19 heavy (non-hydrogen) atoms. The number of piperidine rings is 1. The van der Waals surface area contributed by atoms with Crippen LogP contribution in [0.5, 0.6) is 5.75 Å². The Morgan fingerprint density at radius 3 is 2.68 bits per heavy atom. The average Bonchev–Trinajstić information content (AvgIpc) is 2.44. The number of benzene rings is 1. The molecule has 1 fully saturated rings. The first-order valence-electron chi connectivity index (χ1n) is 7.87. The maximum Gasteiger partial charge on any atom is 0.119 e. The molecule has 0 saturated carbocycles. The molecule has 1 aromatic carbocycles. The second-order valence-electron chi connectivity index (χ2n) is 5.79. The van der Waals surface area contributed by atoms with Gasteiger partial charge in [-0.3, -0.25) is 0 Å². The standard InChI is InChI=1S/C17H27NO/c1-16-9-8-10-17(15-16)19-14-7-3-6-13-18-11-4-2-5-12-18/h8-10,15H,2-7,11-14H2,1H3/p+1. The molecular weight excluding hydrogens is 234 g/mol. The molecule has 1 aliphatic heterocycles. The van der Waals surface area contributed by atoms with E-state index < -0.39 is 0 Å². The molecule has 0 bridgehead atoms. The zero-order chi connectivity index (χ0) is 13.3. The van der Waals surface area contributed by atoms with Gasteiger partial charge in [-0.2, -0.15) is 0 Å². The molecule has 0 aromatic heterocycles. The summed E-state index contributed by atoms with van der Waals surface area (Å²) in [4.78, 5) is 1.82. The van der Waals surface area contributed by atoms with Crippen LogP contribution in [0.25, 0.3) is 0 Å². The van der Waals surface area contributed by atoms with E-state index in [1.165, 1.54) is 63.7 Å². The van der Waals surface area contributed by atoms with Crippen molar-refractivity contribution in [2.75, 3.05) is 26.2 Å². The maximum absolute atomic E-state index is 5.77. The van der Waals surface area contributed by atoms with Crippen LogP contribution in [0.1, 0.15) is 44.1 Å². The molecule has 1 aromatic rings. The summed E-state index contributed by atoms with van der Waals surface area (Å²) in [7, 11) is 0. The molecule has 1 heterocycles. The van der Waals surface area contributed by atoms with Gasteiger partial charge in [0.25, 0.3) is 0 Å². The molecule has 0 spiro atoms. The van der Waals surface area contributed by atoms with Crippen LogP contribution >= 0.6 is 0 Å². The van der Waals surface area contributed by atoms with Crippen LogP contribution in [0.2, 0.25) is 0 Å². The minimum atomic E-state index is 0.860. The summed E-state index contributed by atoms with van der Waals surface area (Å²) in [6.07, 6.45) is 8.16. The number of hydrogen-bond donors (Lipinski definition) is 1. The predicted molar refractivity (Wildman–Crippen MR) is 79.9 cm³/mol. The van der Waals surface area contributed by atoms with Gasteiger partial charge in [-0.15, -0.1) is 0 Å². The zero-order valence-electron chi connectivity index (χ0n) is 12.3. The second kappa shape index (κ2) is 8.21. The summed E-state index contributed by atoms with van der Waals surface area (Å²) in [6, 6.07) is 8.32. The van der Waals surface area contributed by atoms with E-state index in [-0.39, 0.29) is 0 Å². The maximum atomic E-state index is 5.77. The van der Waals surface area contributed by atoms with E-state index in [2.05, 4.69) is 25.1 Å². The lowest BCUT2D eigenvalue weighted by Crippen LogP contribution is -3.12. The first-order chi connectivity index (χ1) is 9.34. The van der Waals surface area contributed by atoms with Crippen LogP contribution in [0.3, 0.4) is 0 Å². The van der Waals surface area contributed by atoms with E-state index in [4.69, 9.17) is 4.74 Å². The molecule has 0 radical (unpaired) electrons. The number of unbranched alkanes of at least 4 members (excludes halogenated alkanes) is 2. The van der Waals surface area contributed by atoms with Crippen LogP contribution in [0.15, 0.2) is 24.3 Å². The lowest BCUT2D eigenvalue weighted by Gasteiger charge is -2.23. The lowest BCUT2D eigenvalue weighted by molar-refractivity contribution is -0.905. The molecule has 0 aliphatic carbocycles. The Morgan fingerprint density at radius 1 is 1.05 bits per heavy atom. The number of ether oxygens (including phenoxy) is 1. The Bertz CT molecular complexity index is 358. The highest BCUT2D eigenvalue weighted by Gasteiger charge is 2.12. The fourth-order valence-electron chi connectivity index (χ4n) is 2.85. The van der Waals surface area contributed by atoms with Gasteiger partial charge < -0.3 is 9.64 Å². The van der Waals surface area contributed by atoms with Gasteiger partial charge in [0, 0.05) is 0 Å². The first-order valence-corrected chi connectivity index (χ1v) is 7.87. The molecule has 0 atom stereocenters. The summed E-state index contributed by atoms with van der Waals surface area (Å²) in [5, 5.41) is 0. The van der Waals surface area contributed by atoms with Crippen molar-refractivity contribution in [3.8, 4) is 5.75 Å². The molecule has 0 unspecified atom stereocenters. The smallest absolute Gasteiger partial charge is 0.119 e. The number of rotatable bonds is 7. The molecule has 2 nitrogen and oxygen atoms in total. The molecule has 2 rings (SSSR count). The molecule has 1 N–H and O–H groups in total. The van der Waals surface area contributed by atoms with Crippen LogP contribution in [0.4, 0.5) is 0 Å². The van der Waals surface area contributed by atoms with Crippen molar-refractivity contribution in [2.24, 2.45) is 0 Å². The van der Waals surface area contributed by atoms with Gasteiger partial charge in [-0.05, 0) is 63.1 Å². The summed E-state index contributed by atoms with van der Waals surface area (Å²) in [5.41, 5.74) is 1.27. The Balaban J connectivity index is 1.50. The number of nitrogens with one attached hydrogen (secondary N) is 1. The number of likely N-dealkylation sites (tertiary alicyclic amines) is 1. The van der Waals surface area contributed by atoms with E-state index >= 15 is 0 Å². The van der Waals surface area contributed by atoms with E-state index in [1.54, 1.807) is 0 Å². The number of aryl methyl sites for hydroxylation is 1. The van der Waals surface area contributed by atoms with Crippen molar-refractivity contribution in [2.45, 2.75) is 45.4 Å². The minimum absolute atomic E-state index is 0.860. The van der Waals surface area contributed by atoms with Crippen molar-refractivity contribution in [1.29, 1.82) is 0 Å². The first kappa shape index (κ1) is 14.4. The van der Waals surface area contributed by atoms with Crippen molar-refractivity contribution in [1.82, 2.24) is 0 Å². The van der Waals surface area contributed by atoms with E-state index in [0.717, 1.165) is 12.4 Å². The molecule has 2 heteroatoms. The Kier molecular flexibility index (Phi) is 6.22. The molecule has 106 valence electrons. The van der Waals surface area contributed by atoms with Crippen LogP contribution < -0.4 is 9.64 Å². The highest BCUT2D eigenvalue weighted by Crippen LogP contribution is 2.12. The van der Waals surface area contributed by atoms with Crippen molar-refractivity contribution >= 4 is 0 Å². The topological polar surface area (TPSA) is 13.7 Å². The molecule has 1 saturated heterocycles. The van der Waals surface area contributed by atoms with Crippen LogP contribution in [-0.4, -0.2) is 26.2 Å². The third-order valence-electron chi connectivity index (χ3n) is 3.99. The largest absolute Gasteiger partial charge is 0.494 e. The second-order valence-corrected chi connectivity index (χ2v) is 5.79. The predicted octanol–water partition coefficient (Wildman–Crippen LogP) is 2.61. The van der Waals surface area contributed by atoms with Crippen LogP contribution in [-0.2, 0) is 0 Å². The normalized spacial score (nSPS) is 16.5. The average molecular weight is 262 g/mol. The van der Waals surface area contributed by atoms with Gasteiger partial charge in [0.1, 0.15) is 5.75 Å². The fourth-order valence-corrected chi connectivity index (χ4v) is 2.85. The van der Waals surface area contributed by atoms with Gasteiger partial charge >= 0.3 is 0 Å². The zero-order valence-corrected chi connectivity index (χ0v) is 12.3. The van der Waals surface area contributed by atoms with Gasteiger partial charge in [-0.1, -0.05) is 12.1 Å². The van der Waals surface area contributed by atoms with Gasteiger partial charge in [-0.25, -0.2) is 0 Å². The summed E-state index contributed by atoms with van der Waals surface area (Å²) in [5.74, 6) is 1.02. The molecule has 1 aliphatic rings. The Morgan fingerprint density at radius 2 is 1.89 bits per heavy atom. The number of quaternary nitrogens is 1. The van der Waals surface area contributed by atoms with E-state index in [1.807, 2.05) is 11.0 Å². The monoisotopic (exact) mass is 262 g/mol. The lowest BCUT2D eigenvalue weighted by atomic mass is 10.1. The van der Waals surface area contributed by atoms with Gasteiger partial charge in [0.15, 0.2) is 0 Å². The quantitative estimate of drug-likeness (QED) is 0.746. The van der Waals surface area contributed by atoms with Crippen LogP contribution in [0, 0.1) is 6.92 Å².